The molecule has 4 heteroatoms. The Morgan fingerprint density at radius 1 is 1.25 bits per heavy atom. The van der Waals surface area contributed by atoms with Crippen molar-refractivity contribution in [3.63, 3.8) is 0 Å². The number of hydrogen-bond donors (Lipinski definition) is 1. The summed E-state index contributed by atoms with van der Waals surface area (Å²) in [4.78, 5) is 0. The molecule has 2 heterocycles. The van der Waals surface area contributed by atoms with E-state index in [1.165, 1.54) is 12.8 Å². The Morgan fingerprint density at radius 3 is 2.58 bits per heavy atom. The summed E-state index contributed by atoms with van der Waals surface area (Å²) >= 11 is 0. The van der Waals surface area contributed by atoms with Crippen molar-refractivity contribution >= 4 is 9.84 Å². The molecule has 2 fully saturated rings. The first-order chi connectivity index (χ1) is 5.67. The molecule has 0 aliphatic carbocycles. The average Bonchev–Trinajstić information content (AvgIpc) is 2.55. The zero-order valence-corrected chi connectivity index (χ0v) is 7.94. The van der Waals surface area contributed by atoms with Crippen molar-refractivity contribution in [2.24, 2.45) is 5.92 Å². The Balaban J connectivity index is 1.99. The molecule has 3 nitrogen and oxygen atoms in total. The van der Waals surface area contributed by atoms with Gasteiger partial charge >= 0.3 is 0 Å². The first kappa shape index (κ1) is 8.51. The second kappa shape index (κ2) is 3.00. The third-order valence-corrected chi connectivity index (χ3v) is 4.73. The Kier molecular flexibility index (Phi) is 2.12. The summed E-state index contributed by atoms with van der Waals surface area (Å²) < 4.78 is 22.3. The van der Waals surface area contributed by atoms with E-state index in [4.69, 9.17) is 0 Å². The average molecular weight is 189 g/mol. The van der Waals surface area contributed by atoms with Gasteiger partial charge in [0.25, 0.3) is 0 Å². The number of sulfone groups is 1. The van der Waals surface area contributed by atoms with E-state index in [9.17, 15) is 8.42 Å². The second-order valence-corrected chi connectivity index (χ2v) is 6.09. The van der Waals surface area contributed by atoms with E-state index in [0.717, 1.165) is 13.0 Å². The fourth-order valence-electron chi connectivity index (χ4n) is 2.25. The van der Waals surface area contributed by atoms with Gasteiger partial charge in [-0.2, -0.15) is 0 Å². The maximum absolute atomic E-state index is 11.2. The van der Waals surface area contributed by atoms with E-state index in [1.54, 1.807) is 0 Å². The minimum atomic E-state index is -2.67. The number of rotatable bonds is 1. The van der Waals surface area contributed by atoms with E-state index < -0.39 is 9.84 Å². The van der Waals surface area contributed by atoms with Gasteiger partial charge in [0.1, 0.15) is 0 Å². The molecule has 0 radical (unpaired) electrons. The Morgan fingerprint density at radius 2 is 2.08 bits per heavy atom. The molecule has 2 atom stereocenters. The van der Waals surface area contributed by atoms with E-state index in [2.05, 4.69) is 5.32 Å². The normalized spacial score (nSPS) is 40.3. The molecule has 0 amide bonds. The zero-order valence-electron chi connectivity index (χ0n) is 7.12. The molecule has 2 aliphatic rings. The van der Waals surface area contributed by atoms with Crippen LogP contribution in [0.4, 0.5) is 0 Å². The Labute approximate surface area is 73.5 Å². The molecule has 70 valence electrons. The first-order valence-electron chi connectivity index (χ1n) is 4.61. The predicted molar refractivity (Wildman–Crippen MR) is 47.8 cm³/mol. The predicted octanol–water partition coefficient (Wildman–Crippen LogP) is 0.173. The van der Waals surface area contributed by atoms with Gasteiger partial charge in [-0.3, -0.25) is 0 Å². The topological polar surface area (TPSA) is 46.2 Å². The van der Waals surface area contributed by atoms with Gasteiger partial charge in [-0.1, -0.05) is 0 Å². The van der Waals surface area contributed by atoms with Crippen molar-refractivity contribution in [3.8, 4) is 0 Å². The lowest BCUT2D eigenvalue weighted by molar-refractivity contribution is 0.427. The minimum absolute atomic E-state index is 0.400. The highest BCUT2D eigenvalue weighted by molar-refractivity contribution is 7.91. The molecule has 2 unspecified atom stereocenters. The Hall–Kier alpha value is -0.0900. The molecule has 1 N–H and O–H groups in total. The van der Waals surface area contributed by atoms with Crippen molar-refractivity contribution in [2.75, 3.05) is 18.1 Å². The lowest BCUT2D eigenvalue weighted by atomic mass is 9.98. The van der Waals surface area contributed by atoms with Crippen LogP contribution in [0.2, 0.25) is 0 Å². The molecule has 2 saturated heterocycles. The maximum Gasteiger partial charge on any atom is 0.150 e. The van der Waals surface area contributed by atoms with Gasteiger partial charge in [0.15, 0.2) is 9.84 Å². The second-order valence-electron chi connectivity index (χ2n) is 3.87. The van der Waals surface area contributed by atoms with Crippen LogP contribution in [0.25, 0.3) is 0 Å². The monoisotopic (exact) mass is 189 g/mol. The Bertz CT molecular complexity index is 254. The summed E-state index contributed by atoms with van der Waals surface area (Å²) in [6.07, 6.45) is 3.25. The number of nitrogens with one attached hydrogen (secondary N) is 1. The minimum Gasteiger partial charge on any atom is -0.314 e. The summed E-state index contributed by atoms with van der Waals surface area (Å²) in [5.74, 6) is 1.23. The highest BCUT2D eigenvalue weighted by Gasteiger charge is 2.34. The molecule has 0 aromatic heterocycles. The fraction of sp³-hybridized carbons (Fsp3) is 1.00. The van der Waals surface area contributed by atoms with E-state index in [0.29, 0.717) is 23.5 Å². The van der Waals surface area contributed by atoms with Crippen molar-refractivity contribution in [3.05, 3.63) is 0 Å². The SMILES string of the molecule is O=S1(=O)CCC(C2CCCN2)C1. The van der Waals surface area contributed by atoms with Crippen LogP contribution >= 0.6 is 0 Å². The molecule has 2 rings (SSSR count). The van der Waals surface area contributed by atoms with Gasteiger partial charge in [0, 0.05) is 6.04 Å². The summed E-state index contributed by atoms with van der Waals surface area (Å²) in [5, 5.41) is 3.37. The molecular weight excluding hydrogens is 174 g/mol. The summed E-state index contributed by atoms with van der Waals surface area (Å²) in [7, 11) is -2.67. The summed E-state index contributed by atoms with van der Waals surface area (Å²) in [6.45, 7) is 1.07. The van der Waals surface area contributed by atoms with Gasteiger partial charge in [-0.05, 0) is 31.7 Å². The fourth-order valence-corrected chi connectivity index (χ4v) is 4.13. The van der Waals surface area contributed by atoms with E-state index in [1.807, 2.05) is 0 Å². The summed E-state index contributed by atoms with van der Waals surface area (Å²) in [6, 6.07) is 0.488. The quantitative estimate of drug-likeness (QED) is 0.640. The van der Waals surface area contributed by atoms with Crippen LogP contribution in [-0.2, 0) is 9.84 Å². The molecule has 2 aliphatic heterocycles. The standard InChI is InChI=1S/C8H15NO2S/c10-12(11)5-3-7(6-12)8-2-1-4-9-8/h7-9H,1-6H2. The van der Waals surface area contributed by atoms with E-state index >= 15 is 0 Å². The first-order valence-corrected chi connectivity index (χ1v) is 6.43. The van der Waals surface area contributed by atoms with Crippen molar-refractivity contribution < 1.29 is 8.42 Å². The van der Waals surface area contributed by atoms with Crippen LogP contribution < -0.4 is 5.32 Å². The van der Waals surface area contributed by atoms with Gasteiger partial charge in [-0.15, -0.1) is 0 Å². The molecule has 12 heavy (non-hydrogen) atoms. The molecule has 0 saturated carbocycles. The van der Waals surface area contributed by atoms with Crippen molar-refractivity contribution in [1.29, 1.82) is 0 Å². The highest BCUT2D eigenvalue weighted by Crippen LogP contribution is 2.26. The molecule has 0 aromatic carbocycles. The lowest BCUT2D eigenvalue weighted by Gasteiger charge is -2.16. The zero-order chi connectivity index (χ0) is 8.60. The van der Waals surface area contributed by atoms with Crippen LogP contribution in [0.5, 0.6) is 0 Å². The van der Waals surface area contributed by atoms with E-state index in [-0.39, 0.29) is 0 Å². The molecule has 0 bridgehead atoms. The van der Waals surface area contributed by atoms with Crippen molar-refractivity contribution in [2.45, 2.75) is 25.3 Å². The van der Waals surface area contributed by atoms with Crippen LogP contribution in [-0.4, -0.2) is 32.5 Å². The van der Waals surface area contributed by atoms with Crippen LogP contribution in [0.15, 0.2) is 0 Å². The maximum atomic E-state index is 11.2. The van der Waals surface area contributed by atoms with Gasteiger partial charge < -0.3 is 5.32 Å². The van der Waals surface area contributed by atoms with Gasteiger partial charge in [-0.25, -0.2) is 8.42 Å². The van der Waals surface area contributed by atoms with Gasteiger partial charge in [0.05, 0.1) is 11.5 Å². The van der Waals surface area contributed by atoms with Crippen molar-refractivity contribution in [1.82, 2.24) is 5.32 Å². The van der Waals surface area contributed by atoms with Gasteiger partial charge in [0.2, 0.25) is 0 Å². The third kappa shape index (κ3) is 1.64. The lowest BCUT2D eigenvalue weighted by Crippen LogP contribution is -2.31. The third-order valence-electron chi connectivity index (χ3n) is 2.94. The largest absolute Gasteiger partial charge is 0.314 e. The molecule has 0 spiro atoms. The number of hydrogen-bond acceptors (Lipinski definition) is 3. The highest BCUT2D eigenvalue weighted by atomic mass is 32.2. The van der Waals surface area contributed by atoms with Crippen LogP contribution in [0.3, 0.4) is 0 Å². The molecule has 0 aromatic rings. The van der Waals surface area contributed by atoms with Crippen LogP contribution in [0, 0.1) is 5.92 Å². The molecular formula is C8H15NO2S. The smallest absolute Gasteiger partial charge is 0.150 e. The van der Waals surface area contributed by atoms with Crippen LogP contribution in [0.1, 0.15) is 19.3 Å². The summed E-state index contributed by atoms with van der Waals surface area (Å²) in [5.41, 5.74) is 0.